The first-order chi connectivity index (χ1) is 26.5. The van der Waals surface area contributed by atoms with Crippen molar-refractivity contribution in [2.24, 2.45) is 5.92 Å². The van der Waals surface area contributed by atoms with Gasteiger partial charge in [-0.15, -0.1) is 0 Å². The highest BCUT2D eigenvalue weighted by Crippen LogP contribution is 2.52. The van der Waals surface area contributed by atoms with Crippen LogP contribution in [0.4, 0.5) is 11.4 Å². The normalized spacial score (nSPS) is 21.6. The van der Waals surface area contributed by atoms with Gasteiger partial charge in [0.25, 0.3) is 0 Å². The molecule has 3 aliphatic rings. The summed E-state index contributed by atoms with van der Waals surface area (Å²) in [4.78, 5) is 0. The molecule has 6 aromatic carbocycles. The highest BCUT2D eigenvalue weighted by molar-refractivity contribution is 5.97. The van der Waals surface area contributed by atoms with Crippen molar-refractivity contribution >= 4 is 34.7 Å². The van der Waals surface area contributed by atoms with Gasteiger partial charge in [-0.3, -0.25) is 0 Å². The molecule has 1 fully saturated rings. The van der Waals surface area contributed by atoms with Gasteiger partial charge in [0.05, 0.1) is 0 Å². The average molecular weight is 703 g/mol. The minimum Gasteiger partial charge on any atom is -0.398 e. The van der Waals surface area contributed by atoms with E-state index in [9.17, 15) is 0 Å². The summed E-state index contributed by atoms with van der Waals surface area (Å²) in [5.41, 5.74) is 30.4. The molecule has 0 aliphatic heterocycles. The average Bonchev–Trinajstić information content (AvgIpc) is 3.80. The van der Waals surface area contributed by atoms with Gasteiger partial charge >= 0.3 is 0 Å². The van der Waals surface area contributed by atoms with E-state index in [-0.39, 0.29) is 17.3 Å². The minimum absolute atomic E-state index is 0.0218. The Kier molecular flexibility index (Phi) is 9.07. The van der Waals surface area contributed by atoms with E-state index in [1.54, 1.807) is 0 Å². The number of hydrogen-bond acceptors (Lipinski definition) is 2. The van der Waals surface area contributed by atoms with Gasteiger partial charge in [0.1, 0.15) is 0 Å². The second kappa shape index (κ2) is 14.3. The van der Waals surface area contributed by atoms with Crippen LogP contribution in [0.15, 0.2) is 146 Å². The van der Waals surface area contributed by atoms with Gasteiger partial charge in [-0.2, -0.15) is 0 Å². The van der Waals surface area contributed by atoms with Crippen molar-refractivity contribution in [3.05, 3.63) is 201 Å². The zero-order valence-corrected chi connectivity index (χ0v) is 31.3. The van der Waals surface area contributed by atoms with E-state index in [4.69, 9.17) is 11.5 Å². The molecule has 9 rings (SSSR count). The fourth-order valence-corrected chi connectivity index (χ4v) is 10.0. The zero-order valence-electron chi connectivity index (χ0n) is 31.3. The van der Waals surface area contributed by atoms with Crippen LogP contribution in [-0.2, 0) is 5.41 Å². The fraction of sp³-hybridized carbons (Fsp3) is 0.231. The third-order valence-corrected chi connectivity index (χ3v) is 12.9. The molecule has 4 N–H and O–H groups in total. The molecule has 0 saturated heterocycles. The van der Waals surface area contributed by atoms with Crippen LogP contribution in [-0.4, -0.2) is 0 Å². The van der Waals surface area contributed by atoms with E-state index in [2.05, 4.69) is 140 Å². The van der Waals surface area contributed by atoms with Crippen LogP contribution in [0.1, 0.15) is 119 Å². The Bertz CT molecular complexity index is 2200. The first-order valence-corrected chi connectivity index (χ1v) is 20.1. The molecule has 2 atom stereocenters. The Morgan fingerprint density at radius 1 is 0.519 bits per heavy atom. The molecule has 0 bridgehead atoms. The summed E-state index contributed by atoms with van der Waals surface area (Å²) in [5.74, 6) is 1.11. The summed E-state index contributed by atoms with van der Waals surface area (Å²) in [5, 5.41) is 0. The van der Waals surface area contributed by atoms with Crippen molar-refractivity contribution in [2.75, 3.05) is 11.5 Å². The minimum atomic E-state index is -0.0218. The van der Waals surface area contributed by atoms with E-state index in [1.807, 2.05) is 24.3 Å². The molecule has 1 saturated carbocycles. The van der Waals surface area contributed by atoms with Crippen molar-refractivity contribution < 1.29 is 0 Å². The largest absolute Gasteiger partial charge is 0.398 e. The lowest BCUT2D eigenvalue weighted by Gasteiger charge is -2.42. The lowest BCUT2D eigenvalue weighted by atomic mass is 9.62. The molecular formula is C52H50N2. The first kappa shape index (κ1) is 34.2. The quantitative estimate of drug-likeness (QED) is 0.147. The number of unbranched alkanes of at least 4 members (excludes halogenated alkanes) is 1. The summed E-state index contributed by atoms with van der Waals surface area (Å²) in [6, 6.07) is 53.7. The second-order valence-corrected chi connectivity index (χ2v) is 15.9. The van der Waals surface area contributed by atoms with Gasteiger partial charge in [-0.1, -0.05) is 160 Å². The number of nitrogens with two attached hydrogens (primary N) is 2. The predicted octanol–water partition coefficient (Wildman–Crippen LogP) is 12.9. The third-order valence-electron chi connectivity index (χ3n) is 12.9. The molecule has 268 valence electrons. The van der Waals surface area contributed by atoms with Crippen molar-refractivity contribution in [2.45, 2.75) is 69.1 Å². The SMILES string of the molecule is CCCCC1CCC(c2ccc(C3C(c4ccccc4N)=Cc4ccccc43)cc2)(c2ccc(C3C(c4ccccc4N)=Cc4ccccc43)cc2)CC1. The second-order valence-electron chi connectivity index (χ2n) is 15.9. The van der Waals surface area contributed by atoms with E-state index < -0.39 is 0 Å². The number of para-hydroxylation sites is 2. The zero-order chi connectivity index (χ0) is 36.6. The third kappa shape index (κ3) is 5.99. The molecule has 54 heavy (non-hydrogen) atoms. The molecule has 0 amide bonds. The topological polar surface area (TPSA) is 52.0 Å². The van der Waals surface area contributed by atoms with Crippen LogP contribution in [0.2, 0.25) is 0 Å². The van der Waals surface area contributed by atoms with Crippen molar-refractivity contribution in [1.29, 1.82) is 0 Å². The standard InChI is InChI=1S/C52H50N2/c1-2-3-12-35-29-31-52(32-30-35,40-25-21-36(22-26-40)50-42-15-6-4-13-38(42)33-46(50)44-17-8-10-19-48(44)53)41-27-23-37(24-28-41)51-43-16-7-5-14-39(43)34-47(51)45-18-9-11-20-49(45)54/h4-11,13-28,33-35,50-51H,2-3,12,29-32,53-54H2,1H3. The highest BCUT2D eigenvalue weighted by atomic mass is 14.6. The van der Waals surface area contributed by atoms with E-state index in [0.717, 1.165) is 28.4 Å². The Hall–Kier alpha value is -5.60. The Balaban J connectivity index is 1.08. The number of hydrogen-bond donors (Lipinski definition) is 2. The van der Waals surface area contributed by atoms with E-state index in [1.165, 1.54) is 101 Å². The van der Waals surface area contributed by atoms with Gasteiger partial charge in [0.2, 0.25) is 0 Å². The van der Waals surface area contributed by atoms with Gasteiger partial charge < -0.3 is 11.5 Å². The van der Waals surface area contributed by atoms with Crippen LogP contribution in [0.3, 0.4) is 0 Å². The molecule has 2 unspecified atom stereocenters. The van der Waals surface area contributed by atoms with Crippen molar-refractivity contribution in [1.82, 2.24) is 0 Å². The number of benzene rings is 6. The number of allylic oxidation sites excluding steroid dienone is 2. The lowest BCUT2D eigenvalue weighted by Crippen LogP contribution is -2.33. The summed E-state index contributed by atoms with van der Waals surface area (Å²) in [7, 11) is 0. The molecule has 3 aliphatic carbocycles. The van der Waals surface area contributed by atoms with Gasteiger partial charge in [0, 0.05) is 39.8 Å². The molecule has 2 nitrogen and oxygen atoms in total. The van der Waals surface area contributed by atoms with Crippen LogP contribution in [0, 0.1) is 5.92 Å². The lowest BCUT2D eigenvalue weighted by molar-refractivity contribution is 0.251. The van der Waals surface area contributed by atoms with Gasteiger partial charge in [0.15, 0.2) is 0 Å². The summed E-state index contributed by atoms with van der Waals surface area (Å²) in [6.07, 6.45) is 13.5. The Labute approximate surface area is 321 Å². The maximum Gasteiger partial charge on any atom is 0.0390 e. The van der Waals surface area contributed by atoms with Crippen molar-refractivity contribution in [3.8, 4) is 0 Å². The monoisotopic (exact) mass is 702 g/mol. The van der Waals surface area contributed by atoms with E-state index >= 15 is 0 Å². The molecule has 0 spiro atoms. The highest BCUT2D eigenvalue weighted by Gasteiger charge is 2.39. The number of fused-ring (bicyclic) bond motifs is 2. The number of nitrogen functional groups attached to an aromatic ring is 2. The van der Waals surface area contributed by atoms with Crippen LogP contribution in [0.25, 0.3) is 23.3 Å². The van der Waals surface area contributed by atoms with Crippen LogP contribution >= 0.6 is 0 Å². The number of rotatable bonds is 9. The molecular weight excluding hydrogens is 653 g/mol. The number of anilines is 2. The maximum atomic E-state index is 6.59. The van der Waals surface area contributed by atoms with Gasteiger partial charge in [-0.25, -0.2) is 0 Å². The first-order valence-electron chi connectivity index (χ1n) is 20.1. The van der Waals surface area contributed by atoms with Crippen molar-refractivity contribution in [3.63, 3.8) is 0 Å². The van der Waals surface area contributed by atoms with Gasteiger partial charge in [-0.05, 0) is 112 Å². The smallest absolute Gasteiger partial charge is 0.0390 e. The fourth-order valence-electron chi connectivity index (χ4n) is 10.0. The molecule has 6 aromatic rings. The summed E-state index contributed by atoms with van der Waals surface area (Å²) >= 11 is 0. The van der Waals surface area contributed by atoms with E-state index in [0.29, 0.717) is 0 Å². The molecule has 2 heteroatoms. The Morgan fingerprint density at radius 3 is 1.39 bits per heavy atom. The molecule has 0 radical (unpaired) electrons. The molecule has 0 aromatic heterocycles. The maximum absolute atomic E-state index is 6.59. The summed E-state index contributed by atoms with van der Waals surface area (Å²) < 4.78 is 0. The van der Waals surface area contributed by atoms with Crippen LogP contribution in [0.5, 0.6) is 0 Å². The predicted molar refractivity (Wildman–Crippen MR) is 229 cm³/mol. The molecule has 0 heterocycles. The summed E-state index contributed by atoms with van der Waals surface area (Å²) in [6.45, 7) is 2.32. The Morgan fingerprint density at radius 2 is 0.944 bits per heavy atom. The van der Waals surface area contributed by atoms with Crippen LogP contribution < -0.4 is 11.5 Å².